The molecule has 1 spiro atoms. The molecule has 12 heavy (non-hydrogen) atoms. The fourth-order valence-electron chi connectivity index (χ4n) is 3.56. The number of halogens is 1. The van der Waals surface area contributed by atoms with Crippen molar-refractivity contribution in [2.75, 3.05) is 6.61 Å². The van der Waals surface area contributed by atoms with E-state index in [-0.39, 0.29) is 0 Å². The van der Waals surface area contributed by atoms with Crippen LogP contribution in [0.3, 0.4) is 0 Å². The molecule has 3 rings (SSSR count). The standard InChI is InChI=1S/C10H15ClO/c11-8-7-3-6-12-9(7)10(8)4-1-2-5-10/h7-9H,1-6H2/t7-,8+,9-/m0/s1. The normalized spacial score (nSPS) is 49.2. The first-order chi connectivity index (χ1) is 5.84. The minimum atomic E-state index is 0.419. The quantitative estimate of drug-likeness (QED) is 0.529. The molecule has 1 saturated heterocycles. The summed E-state index contributed by atoms with van der Waals surface area (Å²) in [5, 5.41) is 0.438. The molecule has 3 aliphatic rings. The zero-order chi connectivity index (χ0) is 8.18. The van der Waals surface area contributed by atoms with E-state index < -0.39 is 0 Å². The SMILES string of the molecule is Cl[C@@H]1[C@@H]2CCO[C@@H]2C12CCCC2. The van der Waals surface area contributed by atoms with Crippen LogP contribution in [0.5, 0.6) is 0 Å². The van der Waals surface area contributed by atoms with Crippen LogP contribution < -0.4 is 0 Å². The third kappa shape index (κ3) is 0.706. The predicted molar refractivity (Wildman–Crippen MR) is 48.4 cm³/mol. The first-order valence-corrected chi connectivity index (χ1v) is 5.54. The average molecular weight is 187 g/mol. The van der Waals surface area contributed by atoms with Crippen molar-refractivity contribution >= 4 is 11.6 Å². The van der Waals surface area contributed by atoms with Crippen molar-refractivity contribution in [3.63, 3.8) is 0 Å². The molecule has 1 nitrogen and oxygen atoms in total. The Morgan fingerprint density at radius 3 is 2.75 bits per heavy atom. The van der Waals surface area contributed by atoms with Gasteiger partial charge in [0.15, 0.2) is 0 Å². The van der Waals surface area contributed by atoms with Gasteiger partial charge in [-0.2, -0.15) is 0 Å². The minimum Gasteiger partial charge on any atom is -0.377 e. The lowest BCUT2D eigenvalue weighted by molar-refractivity contribution is -0.0937. The van der Waals surface area contributed by atoms with Crippen LogP contribution in [0.4, 0.5) is 0 Å². The summed E-state index contributed by atoms with van der Waals surface area (Å²) in [5.41, 5.74) is 0.419. The van der Waals surface area contributed by atoms with Crippen molar-refractivity contribution in [3.05, 3.63) is 0 Å². The molecule has 0 aromatic rings. The first kappa shape index (κ1) is 7.64. The summed E-state index contributed by atoms with van der Waals surface area (Å²) < 4.78 is 5.78. The summed E-state index contributed by atoms with van der Waals surface area (Å²) in [6.45, 7) is 0.959. The molecular formula is C10H15ClO. The smallest absolute Gasteiger partial charge is 0.0688 e. The van der Waals surface area contributed by atoms with Gasteiger partial charge in [-0.05, 0) is 19.3 Å². The highest BCUT2D eigenvalue weighted by Crippen LogP contribution is 2.62. The Morgan fingerprint density at radius 1 is 1.25 bits per heavy atom. The molecule has 1 heterocycles. The second kappa shape index (κ2) is 2.39. The minimum absolute atomic E-state index is 0.419. The Kier molecular flexibility index (Phi) is 1.52. The summed E-state index contributed by atoms with van der Waals surface area (Å²) in [6, 6.07) is 0. The summed E-state index contributed by atoms with van der Waals surface area (Å²) in [4.78, 5) is 0. The van der Waals surface area contributed by atoms with Gasteiger partial charge in [-0.1, -0.05) is 12.8 Å². The van der Waals surface area contributed by atoms with E-state index in [1.54, 1.807) is 0 Å². The Bertz CT molecular complexity index is 198. The maximum atomic E-state index is 6.43. The average Bonchev–Trinajstić information content (AvgIpc) is 2.72. The van der Waals surface area contributed by atoms with E-state index in [2.05, 4.69) is 0 Å². The molecule has 2 heteroatoms. The lowest BCUT2D eigenvalue weighted by atomic mass is 9.58. The molecule has 0 amide bonds. The Balaban J connectivity index is 1.87. The molecule has 2 aliphatic carbocycles. The molecule has 1 aliphatic heterocycles. The zero-order valence-electron chi connectivity index (χ0n) is 7.26. The van der Waals surface area contributed by atoms with Crippen molar-refractivity contribution < 1.29 is 4.74 Å². The molecule has 3 fully saturated rings. The number of ether oxygens (including phenoxy) is 1. The van der Waals surface area contributed by atoms with Crippen LogP contribution in [0.25, 0.3) is 0 Å². The molecule has 2 saturated carbocycles. The highest BCUT2D eigenvalue weighted by atomic mass is 35.5. The van der Waals surface area contributed by atoms with E-state index >= 15 is 0 Å². The highest BCUT2D eigenvalue weighted by Gasteiger charge is 2.64. The van der Waals surface area contributed by atoms with Crippen molar-refractivity contribution in [3.8, 4) is 0 Å². The lowest BCUT2D eigenvalue weighted by Crippen LogP contribution is -2.59. The topological polar surface area (TPSA) is 9.23 Å². The van der Waals surface area contributed by atoms with Gasteiger partial charge in [-0.3, -0.25) is 0 Å². The number of alkyl halides is 1. The van der Waals surface area contributed by atoms with E-state index in [1.165, 1.54) is 32.1 Å². The fraction of sp³-hybridized carbons (Fsp3) is 1.00. The third-order valence-electron chi connectivity index (χ3n) is 4.16. The number of hydrogen-bond acceptors (Lipinski definition) is 1. The van der Waals surface area contributed by atoms with Gasteiger partial charge in [0.1, 0.15) is 0 Å². The summed E-state index contributed by atoms with van der Waals surface area (Å²) in [7, 11) is 0. The molecule has 0 bridgehead atoms. The van der Waals surface area contributed by atoms with E-state index in [0.29, 0.717) is 22.8 Å². The monoisotopic (exact) mass is 186 g/mol. The Hall–Kier alpha value is 0.250. The molecule has 0 unspecified atom stereocenters. The van der Waals surface area contributed by atoms with Crippen LogP contribution in [0, 0.1) is 11.3 Å². The number of rotatable bonds is 0. The second-order valence-corrected chi connectivity index (χ2v) is 5.06. The molecule has 0 N–H and O–H groups in total. The molecule has 68 valence electrons. The van der Waals surface area contributed by atoms with Gasteiger partial charge in [0.2, 0.25) is 0 Å². The highest BCUT2D eigenvalue weighted by molar-refractivity contribution is 6.22. The van der Waals surface area contributed by atoms with Crippen LogP contribution in [0.2, 0.25) is 0 Å². The van der Waals surface area contributed by atoms with Gasteiger partial charge in [0.25, 0.3) is 0 Å². The second-order valence-electron chi connectivity index (χ2n) is 4.59. The van der Waals surface area contributed by atoms with Gasteiger partial charge in [0.05, 0.1) is 6.10 Å². The van der Waals surface area contributed by atoms with Crippen LogP contribution >= 0.6 is 11.6 Å². The summed E-state index contributed by atoms with van der Waals surface area (Å²) in [5.74, 6) is 0.699. The first-order valence-electron chi connectivity index (χ1n) is 5.10. The molecule has 0 aromatic carbocycles. The van der Waals surface area contributed by atoms with Gasteiger partial charge >= 0.3 is 0 Å². The number of fused-ring (bicyclic) bond motifs is 2. The van der Waals surface area contributed by atoms with Crippen molar-refractivity contribution in [2.45, 2.75) is 43.6 Å². The van der Waals surface area contributed by atoms with Gasteiger partial charge < -0.3 is 4.74 Å². The summed E-state index contributed by atoms with van der Waals surface area (Å²) >= 11 is 6.43. The largest absolute Gasteiger partial charge is 0.377 e. The fourth-order valence-corrected chi connectivity index (χ4v) is 4.16. The van der Waals surface area contributed by atoms with Crippen molar-refractivity contribution in [1.29, 1.82) is 0 Å². The van der Waals surface area contributed by atoms with Gasteiger partial charge in [0, 0.05) is 23.3 Å². The molecule has 3 atom stereocenters. The van der Waals surface area contributed by atoms with Crippen LogP contribution in [0.15, 0.2) is 0 Å². The van der Waals surface area contributed by atoms with Crippen molar-refractivity contribution in [2.24, 2.45) is 11.3 Å². The van der Waals surface area contributed by atoms with Crippen molar-refractivity contribution in [1.82, 2.24) is 0 Å². The van der Waals surface area contributed by atoms with E-state index in [0.717, 1.165) is 6.61 Å². The van der Waals surface area contributed by atoms with Gasteiger partial charge in [-0.15, -0.1) is 11.6 Å². The Morgan fingerprint density at radius 2 is 2.00 bits per heavy atom. The van der Waals surface area contributed by atoms with Crippen LogP contribution in [-0.4, -0.2) is 18.1 Å². The molecule has 0 aromatic heterocycles. The third-order valence-corrected chi connectivity index (χ3v) is 4.92. The maximum absolute atomic E-state index is 6.43. The summed E-state index contributed by atoms with van der Waals surface area (Å²) in [6.07, 6.45) is 7.14. The van der Waals surface area contributed by atoms with Crippen LogP contribution in [0.1, 0.15) is 32.1 Å². The maximum Gasteiger partial charge on any atom is 0.0688 e. The van der Waals surface area contributed by atoms with Crippen LogP contribution in [-0.2, 0) is 4.74 Å². The Labute approximate surface area is 78.4 Å². The van der Waals surface area contributed by atoms with E-state index in [9.17, 15) is 0 Å². The van der Waals surface area contributed by atoms with E-state index in [4.69, 9.17) is 16.3 Å². The number of hydrogen-bond donors (Lipinski definition) is 0. The van der Waals surface area contributed by atoms with E-state index in [1.807, 2.05) is 0 Å². The lowest BCUT2D eigenvalue weighted by Gasteiger charge is -2.53. The zero-order valence-corrected chi connectivity index (χ0v) is 8.02. The van der Waals surface area contributed by atoms with Gasteiger partial charge in [-0.25, -0.2) is 0 Å². The predicted octanol–water partition coefficient (Wildman–Crippen LogP) is 2.57. The molecular weight excluding hydrogens is 172 g/mol. The molecule has 0 radical (unpaired) electrons.